The number of nitrogens with zero attached hydrogens (tertiary/aromatic N) is 3. The monoisotopic (exact) mass is 295 g/mol. The number of halogens is 1. The minimum absolute atomic E-state index is 0.314. The second-order valence-electron chi connectivity index (χ2n) is 3.39. The summed E-state index contributed by atoms with van der Waals surface area (Å²) in [5.74, 6) is 0.0587. The van der Waals surface area contributed by atoms with E-state index >= 15 is 0 Å². The zero-order chi connectivity index (χ0) is 12.4. The standard InChI is InChI=1S/C10H10BrN5O/c1-16-10(13-5-14-16)15-9(17)7-3-2-6(11)4-8(7)12/h2-5H,12H2,1H3,(H,13,14,15,17). The number of carbonyl (C=O) groups excluding carboxylic acids is 1. The Hall–Kier alpha value is -1.89. The van der Waals surface area contributed by atoms with Gasteiger partial charge in [-0.05, 0) is 18.2 Å². The molecule has 0 aliphatic rings. The highest BCUT2D eigenvalue weighted by Gasteiger charge is 2.12. The molecule has 1 aromatic carbocycles. The van der Waals surface area contributed by atoms with Crippen LogP contribution in [0, 0.1) is 0 Å². The minimum atomic E-state index is -0.314. The van der Waals surface area contributed by atoms with Gasteiger partial charge >= 0.3 is 0 Å². The third kappa shape index (κ3) is 2.44. The fourth-order valence-corrected chi connectivity index (χ4v) is 1.70. The Bertz CT molecular complexity index is 566. The van der Waals surface area contributed by atoms with Gasteiger partial charge in [0.05, 0.1) is 5.56 Å². The third-order valence-corrected chi connectivity index (χ3v) is 2.69. The fraction of sp³-hybridized carbons (Fsp3) is 0.100. The van der Waals surface area contributed by atoms with Gasteiger partial charge in [-0.2, -0.15) is 10.1 Å². The van der Waals surface area contributed by atoms with Crippen LogP contribution in [-0.2, 0) is 7.05 Å². The molecule has 6 nitrogen and oxygen atoms in total. The van der Waals surface area contributed by atoms with E-state index < -0.39 is 0 Å². The number of anilines is 2. The maximum absolute atomic E-state index is 11.9. The Labute approximate surface area is 106 Å². The molecule has 0 unspecified atom stereocenters. The first-order chi connectivity index (χ1) is 8.08. The van der Waals surface area contributed by atoms with Crippen LogP contribution in [-0.4, -0.2) is 20.7 Å². The number of nitrogens with one attached hydrogen (secondary N) is 1. The summed E-state index contributed by atoms with van der Waals surface area (Å²) >= 11 is 3.28. The van der Waals surface area contributed by atoms with Crippen LogP contribution in [0.25, 0.3) is 0 Å². The van der Waals surface area contributed by atoms with Crippen LogP contribution in [0.1, 0.15) is 10.4 Å². The summed E-state index contributed by atoms with van der Waals surface area (Å²) in [6, 6.07) is 5.07. The molecule has 0 saturated carbocycles. The molecule has 1 amide bonds. The van der Waals surface area contributed by atoms with E-state index in [0.717, 1.165) is 4.47 Å². The van der Waals surface area contributed by atoms with E-state index in [4.69, 9.17) is 5.73 Å². The maximum atomic E-state index is 11.9. The molecule has 0 spiro atoms. The van der Waals surface area contributed by atoms with Gasteiger partial charge in [0.2, 0.25) is 5.95 Å². The van der Waals surface area contributed by atoms with Crippen LogP contribution in [0.4, 0.5) is 11.6 Å². The van der Waals surface area contributed by atoms with Crippen molar-refractivity contribution in [3.8, 4) is 0 Å². The number of carbonyl (C=O) groups is 1. The van der Waals surface area contributed by atoms with Crippen molar-refractivity contribution in [3.05, 3.63) is 34.6 Å². The Kier molecular flexibility index (Phi) is 3.10. The second-order valence-corrected chi connectivity index (χ2v) is 4.31. The Morgan fingerprint density at radius 3 is 2.88 bits per heavy atom. The number of aryl methyl sites for hydroxylation is 1. The van der Waals surface area contributed by atoms with E-state index in [1.54, 1.807) is 25.2 Å². The predicted molar refractivity (Wildman–Crippen MR) is 67.5 cm³/mol. The molecule has 0 aliphatic carbocycles. The molecule has 88 valence electrons. The number of nitrogen functional groups attached to an aromatic ring is 1. The fourth-order valence-electron chi connectivity index (χ4n) is 1.32. The summed E-state index contributed by atoms with van der Waals surface area (Å²) in [4.78, 5) is 15.8. The molecule has 0 bridgehead atoms. The van der Waals surface area contributed by atoms with Crippen LogP contribution >= 0.6 is 15.9 Å². The molecule has 3 N–H and O–H groups in total. The van der Waals surface area contributed by atoms with Crippen LogP contribution in [0.2, 0.25) is 0 Å². The lowest BCUT2D eigenvalue weighted by Gasteiger charge is -2.06. The van der Waals surface area contributed by atoms with E-state index in [9.17, 15) is 4.79 Å². The van der Waals surface area contributed by atoms with Crippen molar-refractivity contribution in [2.45, 2.75) is 0 Å². The van der Waals surface area contributed by atoms with Gasteiger partial charge in [-0.1, -0.05) is 15.9 Å². The molecule has 7 heteroatoms. The number of hydrogen-bond acceptors (Lipinski definition) is 4. The molecule has 1 aromatic heterocycles. The topological polar surface area (TPSA) is 85.8 Å². The minimum Gasteiger partial charge on any atom is -0.398 e. The van der Waals surface area contributed by atoms with E-state index in [1.165, 1.54) is 11.0 Å². The van der Waals surface area contributed by atoms with Gasteiger partial charge in [0.25, 0.3) is 5.91 Å². The van der Waals surface area contributed by atoms with Gasteiger partial charge < -0.3 is 5.73 Å². The van der Waals surface area contributed by atoms with Crippen molar-refractivity contribution in [2.75, 3.05) is 11.1 Å². The van der Waals surface area contributed by atoms with Crippen molar-refractivity contribution >= 4 is 33.5 Å². The van der Waals surface area contributed by atoms with Crippen LogP contribution in [0.15, 0.2) is 29.0 Å². The molecule has 2 aromatic rings. The van der Waals surface area contributed by atoms with Crippen molar-refractivity contribution in [1.29, 1.82) is 0 Å². The highest BCUT2D eigenvalue weighted by atomic mass is 79.9. The molecule has 0 aliphatic heterocycles. The number of benzene rings is 1. The highest BCUT2D eigenvalue weighted by molar-refractivity contribution is 9.10. The van der Waals surface area contributed by atoms with Crippen molar-refractivity contribution < 1.29 is 4.79 Å². The molecular weight excluding hydrogens is 286 g/mol. The Morgan fingerprint density at radius 1 is 1.53 bits per heavy atom. The molecule has 17 heavy (non-hydrogen) atoms. The normalized spacial score (nSPS) is 10.2. The summed E-state index contributed by atoms with van der Waals surface area (Å²) in [5.41, 5.74) is 6.56. The molecule has 2 rings (SSSR count). The van der Waals surface area contributed by atoms with Crippen molar-refractivity contribution in [3.63, 3.8) is 0 Å². The van der Waals surface area contributed by atoms with Gasteiger partial charge in [0.15, 0.2) is 0 Å². The second kappa shape index (κ2) is 4.54. The van der Waals surface area contributed by atoms with Gasteiger partial charge in [-0.3, -0.25) is 10.1 Å². The Balaban J connectivity index is 2.23. The van der Waals surface area contributed by atoms with Gasteiger partial charge in [0.1, 0.15) is 6.33 Å². The lowest BCUT2D eigenvalue weighted by atomic mass is 10.2. The molecule has 0 atom stereocenters. The summed E-state index contributed by atoms with van der Waals surface area (Å²) in [5, 5.41) is 6.47. The van der Waals surface area contributed by atoms with E-state index in [1.807, 2.05) is 0 Å². The summed E-state index contributed by atoms with van der Waals surface area (Å²) in [6.07, 6.45) is 1.36. The number of nitrogens with two attached hydrogens (primary N) is 1. The average molecular weight is 296 g/mol. The quantitative estimate of drug-likeness (QED) is 0.820. The van der Waals surface area contributed by atoms with E-state index in [-0.39, 0.29) is 5.91 Å². The SMILES string of the molecule is Cn1ncnc1NC(=O)c1ccc(Br)cc1N. The summed E-state index contributed by atoms with van der Waals surface area (Å²) < 4.78 is 2.29. The zero-order valence-electron chi connectivity index (χ0n) is 9.01. The van der Waals surface area contributed by atoms with Crippen LogP contribution < -0.4 is 11.1 Å². The largest absolute Gasteiger partial charge is 0.398 e. The molecular formula is C10H10BrN5O. The lowest BCUT2D eigenvalue weighted by Crippen LogP contribution is -2.16. The maximum Gasteiger partial charge on any atom is 0.260 e. The zero-order valence-corrected chi connectivity index (χ0v) is 10.6. The number of aromatic nitrogens is 3. The van der Waals surface area contributed by atoms with Crippen molar-refractivity contribution in [1.82, 2.24) is 14.8 Å². The predicted octanol–water partition coefficient (Wildman–Crippen LogP) is 1.41. The molecule has 0 radical (unpaired) electrons. The first-order valence-electron chi connectivity index (χ1n) is 4.78. The Morgan fingerprint density at radius 2 is 2.29 bits per heavy atom. The molecule has 0 saturated heterocycles. The summed E-state index contributed by atoms with van der Waals surface area (Å²) in [7, 11) is 1.69. The van der Waals surface area contributed by atoms with Gasteiger partial charge in [-0.25, -0.2) is 4.68 Å². The number of hydrogen-bond donors (Lipinski definition) is 2. The third-order valence-electron chi connectivity index (χ3n) is 2.19. The van der Waals surface area contributed by atoms with Crippen molar-refractivity contribution in [2.24, 2.45) is 7.05 Å². The number of rotatable bonds is 2. The molecule has 0 fully saturated rings. The van der Waals surface area contributed by atoms with Crippen LogP contribution in [0.3, 0.4) is 0 Å². The molecule has 1 heterocycles. The first kappa shape index (κ1) is 11.6. The summed E-state index contributed by atoms with van der Waals surface area (Å²) in [6.45, 7) is 0. The first-order valence-corrected chi connectivity index (χ1v) is 5.57. The van der Waals surface area contributed by atoms with Crippen LogP contribution in [0.5, 0.6) is 0 Å². The average Bonchev–Trinajstić information content (AvgIpc) is 2.64. The lowest BCUT2D eigenvalue weighted by molar-refractivity contribution is 0.102. The smallest absolute Gasteiger partial charge is 0.260 e. The highest BCUT2D eigenvalue weighted by Crippen LogP contribution is 2.19. The van der Waals surface area contributed by atoms with Gasteiger partial charge in [-0.15, -0.1) is 0 Å². The van der Waals surface area contributed by atoms with E-state index in [2.05, 4.69) is 31.3 Å². The van der Waals surface area contributed by atoms with Gasteiger partial charge in [0, 0.05) is 17.2 Å². The number of amides is 1. The van der Waals surface area contributed by atoms with E-state index in [0.29, 0.717) is 17.2 Å².